The molecule has 142 valence electrons. The van der Waals surface area contributed by atoms with Crippen LogP contribution < -0.4 is 16.2 Å². The fourth-order valence-electron chi connectivity index (χ4n) is 1.37. The van der Waals surface area contributed by atoms with E-state index in [4.69, 9.17) is 21.1 Å². The van der Waals surface area contributed by atoms with Gasteiger partial charge >= 0.3 is 11.9 Å². The molecule has 0 aliphatic carbocycles. The highest BCUT2D eigenvalue weighted by Gasteiger charge is 2.21. The number of hydrogen-bond acceptors (Lipinski definition) is 9. The average molecular weight is 378 g/mol. The van der Waals surface area contributed by atoms with Gasteiger partial charge in [-0.05, 0) is 25.7 Å². The number of thioether (sulfide) groups is 1. The van der Waals surface area contributed by atoms with E-state index in [1.807, 2.05) is 5.32 Å². The standard InChI is InChI=1S/C13H21N3O8S/c1-6(17)13(24)25-5-8(11(21)15-4-10(19)20)16-9(18)3-2-7(14)12(22)23/h6-8,17H,2-5,14H2,1H3,(H,15,21)(H,16,18)(H,19,20)(H,22,23)/p-1. The molecule has 0 aliphatic rings. The molecule has 12 heteroatoms. The van der Waals surface area contributed by atoms with Crippen molar-refractivity contribution in [3.63, 3.8) is 0 Å². The fraction of sp³-hybridized carbons (Fsp3) is 0.615. The lowest BCUT2D eigenvalue weighted by Crippen LogP contribution is -2.40. The predicted molar refractivity (Wildman–Crippen MR) is 85.9 cm³/mol. The van der Waals surface area contributed by atoms with Gasteiger partial charge in [-0.15, -0.1) is 0 Å². The summed E-state index contributed by atoms with van der Waals surface area (Å²) in [7, 11) is 0. The van der Waals surface area contributed by atoms with Crippen molar-refractivity contribution in [3.05, 3.63) is 0 Å². The summed E-state index contributed by atoms with van der Waals surface area (Å²) in [5.74, 6) is -4.58. The topological polar surface area (TPSA) is 202 Å². The number of nitrogens with one attached hydrogen (secondary N) is 1. The zero-order valence-corrected chi connectivity index (χ0v) is 14.2. The van der Waals surface area contributed by atoms with Gasteiger partial charge in [0, 0.05) is 5.75 Å². The Bertz CT molecular complexity index is 537. The molecule has 1 amide bonds. The van der Waals surface area contributed by atoms with Gasteiger partial charge in [0.15, 0.2) is 0 Å². The maximum absolute atomic E-state index is 11.9. The first kappa shape index (κ1) is 22.8. The van der Waals surface area contributed by atoms with Gasteiger partial charge in [-0.1, -0.05) is 11.8 Å². The van der Waals surface area contributed by atoms with Crippen molar-refractivity contribution in [2.45, 2.75) is 38.0 Å². The van der Waals surface area contributed by atoms with Crippen molar-refractivity contribution in [2.24, 2.45) is 10.7 Å². The maximum Gasteiger partial charge on any atom is 0.322 e. The van der Waals surface area contributed by atoms with Crippen LogP contribution in [0.1, 0.15) is 19.8 Å². The molecule has 0 bridgehead atoms. The third-order valence-electron chi connectivity index (χ3n) is 2.73. The van der Waals surface area contributed by atoms with Crippen molar-refractivity contribution >= 4 is 40.6 Å². The highest BCUT2D eigenvalue weighted by atomic mass is 32.2. The molecule has 0 heterocycles. The van der Waals surface area contributed by atoms with Crippen molar-refractivity contribution in [1.29, 1.82) is 0 Å². The number of aliphatic imine (C=N–C) groups is 1. The van der Waals surface area contributed by atoms with Crippen LogP contribution in [0.15, 0.2) is 4.99 Å². The minimum absolute atomic E-state index is 0.194. The molecular formula is C13H20N3O8S-. The third-order valence-corrected chi connectivity index (χ3v) is 3.84. The molecule has 25 heavy (non-hydrogen) atoms. The molecule has 6 N–H and O–H groups in total. The van der Waals surface area contributed by atoms with Crippen molar-refractivity contribution in [3.8, 4) is 0 Å². The van der Waals surface area contributed by atoms with E-state index in [2.05, 4.69) is 4.99 Å². The Balaban J connectivity index is 4.92. The highest BCUT2D eigenvalue weighted by Crippen LogP contribution is 2.11. The van der Waals surface area contributed by atoms with E-state index in [9.17, 15) is 24.3 Å². The Morgan fingerprint density at radius 2 is 1.88 bits per heavy atom. The molecule has 11 nitrogen and oxygen atoms in total. The maximum atomic E-state index is 11.9. The number of carboxylic acids is 2. The van der Waals surface area contributed by atoms with Gasteiger partial charge in [0.25, 0.3) is 0 Å². The average Bonchev–Trinajstić information content (AvgIpc) is 2.53. The lowest BCUT2D eigenvalue weighted by atomic mass is 10.1. The number of carbonyl (C=O) groups is 4. The summed E-state index contributed by atoms with van der Waals surface area (Å²) >= 11 is 0.565. The molecular weight excluding hydrogens is 358 g/mol. The van der Waals surface area contributed by atoms with Crippen LogP contribution in [0.5, 0.6) is 0 Å². The number of rotatable bonds is 11. The van der Waals surface area contributed by atoms with Gasteiger partial charge < -0.3 is 31.5 Å². The largest absolute Gasteiger partial charge is 0.862 e. The van der Waals surface area contributed by atoms with Gasteiger partial charge in [-0.3, -0.25) is 24.2 Å². The summed E-state index contributed by atoms with van der Waals surface area (Å²) in [6, 6.07) is -2.62. The summed E-state index contributed by atoms with van der Waals surface area (Å²) in [5.41, 5.74) is 5.25. The van der Waals surface area contributed by atoms with Gasteiger partial charge in [0.05, 0.1) is 0 Å². The van der Waals surface area contributed by atoms with E-state index in [1.165, 1.54) is 6.92 Å². The zero-order chi connectivity index (χ0) is 19.6. The van der Waals surface area contributed by atoms with Crippen LogP contribution in [0.4, 0.5) is 0 Å². The van der Waals surface area contributed by atoms with Gasteiger partial charge in [0.2, 0.25) is 11.0 Å². The first-order valence-corrected chi connectivity index (χ1v) is 8.09. The lowest BCUT2D eigenvalue weighted by Gasteiger charge is -2.18. The van der Waals surface area contributed by atoms with Crippen molar-refractivity contribution in [1.82, 2.24) is 5.32 Å². The normalized spacial score (nSPS) is 15.1. The van der Waals surface area contributed by atoms with E-state index in [0.29, 0.717) is 11.8 Å². The monoisotopic (exact) mass is 378 g/mol. The molecule has 0 saturated heterocycles. The van der Waals surface area contributed by atoms with Crippen LogP contribution in [-0.2, 0) is 19.2 Å². The minimum Gasteiger partial charge on any atom is -0.862 e. The molecule has 0 aromatic heterocycles. The number of aliphatic carboxylic acids is 2. The number of aliphatic hydroxyl groups is 1. The molecule has 0 spiro atoms. The van der Waals surface area contributed by atoms with Gasteiger partial charge in [-0.25, -0.2) is 0 Å². The number of carbonyl (C=O) groups excluding carboxylic acids is 2. The van der Waals surface area contributed by atoms with Crippen LogP contribution in [0.3, 0.4) is 0 Å². The molecule has 0 fully saturated rings. The molecule has 3 unspecified atom stereocenters. The fourth-order valence-corrected chi connectivity index (χ4v) is 2.16. The van der Waals surface area contributed by atoms with E-state index < -0.39 is 53.6 Å². The first-order valence-electron chi connectivity index (χ1n) is 7.10. The Labute approximate surface area is 147 Å². The van der Waals surface area contributed by atoms with Crippen LogP contribution in [0.25, 0.3) is 0 Å². The number of nitrogens with two attached hydrogens (primary N) is 1. The molecule has 0 aliphatic heterocycles. The zero-order valence-electron chi connectivity index (χ0n) is 13.4. The SMILES string of the molecule is CC(O)C(=O)SCC(N=C([O-])CCC(N)C(=O)O)C(=O)NCC(=O)O. The number of hydrogen-bond donors (Lipinski definition) is 5. The Morgan fingerprint density at radius 1 is 1.28 bits per heavy atom. The second-order valence-electron chi connectivity index (χ2n) is 4.94. The number of nitrogens with zero attached hydrogens (tertiary/aromatic N) is 1. The molecule has 0 radical (unpaired) electrons. The molecule has 0 aromatic carbocycles. The Kier molecular flexibility index (Phi) is 10.4. The molecule has 0 rings (SSSR count). The van der Waals surface area contributed by atoms with Crippen LogP contribution in [0.2, 0.25) is 0 Å². The quantitative estimate of drug-likeness (QED) is 0.184. The number of amides is 1. The summed E-state index contributed by atoms with van der Waals surface area (Å²) in [5, 5.41) is 39.4. The Hall–Kier alpha value is -2.18. The third kappa shape index (κ3) is 10.3. The molecule has 0 saturated carbocycles. The summed E-state index contributed by atoms with van der Waals surface area (Å²) < 4.78 is 0. The molecule has 3 atom stereocenters. The predicted octanol–water partition coefficient (Wildman–Crippen LogP) is -2.85. The second-order valence-corrected chi connectivity index (χ2v) is 5.96. The minimum atomic E-state index is -1.36. The summed E-state index contributed by atoms with van der Waals surface area (Å²) in [4.78, 5) is 47.9. The lowest BCUT2D eigenvalue weighted by molar-refractivity contribution is -0.219. The Morgan fingerprint density at radius 3 is 2.36 bits per heavy atom. The van der Waals surface area contributed by atoms with Crippen LogP contribution in [-0.4, -0.2) is 74.7 Å². The van der Waals surface area contributed by atoms with Crippen molar-refractivity contribution in [2.75, 3.05) is 12.3 Å². The van der Waals surface area contributed by atoms with Crippen molar-refractivity contribution < 1.29 is 39.6 Å². The smallest absolute Gasteiger partial charge is 0.322 e. The summed E-state index contributed by atoms with van der Waals surface area (Å²) in [6.45, 7) is 0.530. The van der Waals surface area contributed by atoms with E-state index in [-0.39, 0.29) is 18.6 Å². The van der Waals surface area contributed by atoms with E-state index >= 15 is 0 Å². The number of carboxylic acid groups (broad SMARTS) is 2. The number of aliphatic hydroxyl groups excluding tert-OH is 1. The van der Waals surface area contributed by atoms with E-state index in [0.717, 1.165) is 0 Å². The highest BCUT2D eigenvalue weighted by molar-refractivity contribution is 8.13. The van der Waals surface area contributed by atoms with Crippen LogP contribution >= 0.6 is 11.8 Å². The van der Waals surface area contributed by atoms with Crippen LogP contribution in [0, 0.1) is 0 Å². The summed E-state index contributed by atoms with van der Waals surface area (Å²) in [6.07, 6.45) is -1.80. The molecule has 0 aromatic rings. The van der Waals surface area contributed by atoms with E-state index in [1.54, 1.807) is 0 Å². The van der Waals surface area contributed by atoms with Gasteiger partial charge in [0.1, 0.15) is 24.7 Å². The second kappa shape index (κ2) is 11.4. The first-order chi connectivity index (χ1) is 11.5. The van der Waals surface area contributed by atoms with Gasteiger partial charge in [-0.2, -0.15) is 0 Å².